The number of rotatable bonds is 8. The SMILES string of the molecule is COc1ccc(OC)c(C(O)CNC(=O)CNC(=O)c2ccccc2I)c1. The van der Waals surface area contributed by atoms with Crippen LogP contribution in [0.4, 0.5) is 0 Å². The number of halogens is 1. The fourth-order valence-electron chi connectivity index (χ4n) is 2.38. The van der Waals surface area contributed by atoms with Crippen LogP contribution in [-0.2, 0) is 4.79 Å². The summed E-state index contributed by atoms with van der Waals surface area (Å²) in [7, 11) is 3.02. The molecule has 0 fully saturated rings. The number of hydrogen-bond acceptors (Lipinski definition) is 5. The minimum absolute atomic E-state index is 0.0267. The lowest BCUT2D eigenvalue weighted by Gasteiger charge is -2.16. The summed E-state index contributed by atoms with van der Waals surface area (Å²) in [6, 6.07) is 12.1. The second-order valence-corrected chi connectivity index (χ2v) is 6.75. The minimum Gasteiger partial charge on any atom is -0.497 e. The van der Waals surface area contributed by atoms with Gasteiger partial charge in [-0.15, -0.1) is 0 Å². The normalized spacial score (nSPS) is 11.4. The van der Waals surface area contributed by atoms with Crippen LogP contribution in [-0.4, -0.2) is 44.2 Å². The average Bonchev–Trinajstić information content (AvgIpc) is 2.69. The van der Waals surface area contributed by atoms with E-state index >= 15 is 0 Å². The predicted molar refractivity (Wildman–Crippen MR) is 109 cm³/mol. The molecule has 0 bridgehead atoms. The largest absolute Gasteiger partial charge is 0.497 e. The van der Waals surface area contributed by atoms with Gasteiger partial charge in [-0.1, -0.05) is 12.1 Å². The number of ether oxygens (including phenoxy) is 2. The van der Waals surface area contributed by atoms with E-state index < -0.39 is 12.0 Å². The van der Waals surface area contributed by atoms with Gasteiger partial charge in [0.1, 0.15) is 11.5 Å². The third kappa shape index (κ3) is 5.83. The fourth-order valence-corrected chi connectivity index (χ4v) is 3.02. The Bertz CT molecular complexity index is 812. The van der Waals surface area contributed by atoms with Crippen LogP contribution in [0.15, 0.2) is 42.5 Å². The molecule has 8 heteroatoms. The summed E-state index contributed by atoms with van der Waals surface area (Å²) in [4.78, 5) is 24.1. The molecule has 1 unspecified atom stereocenters. The molecule has 0 radical (unpaired) electrons. The first kappa shape index (κ1) is 21.0. The van der Waals surface area contributed by atoms with Crippen molar-refractivity contribution >= 4 is 34.4 Å². The number of benzene rings is 2. The van der Waals surface area contributed by atoms with Crippen molar-refractivity contribution in [1.82, 2.24) is 10.6 Å². The molecule has 2 aromatic rings. The highest BCUT2D eigenvalue weighted by Crippen LogP contribution is 2.29. The van der Waals surface area contributed by atoms with Crippen molar-refractivity contribution < 1.29 is 24.2 Å². The standard InChI is InChI=1S/C19H21IN2O5/c1-26-12-7-8-17(27-2)14(9-12)16(23)10-21-18(24)11-22-19(25)13-5-3-4-6-15(13)20/h3-9,16,23H,10-11H2,1-2H3,(H,21,24)(H,22,25). The summed E-state index contributed by atoms with van der Waals surface area (Å²) in [6.07, 6.45) is -0.982. The zero-order chi connectivity index (χ0) is 19.8. The van der Waals surface area contributed by atoms with Gasteiger partial charge in [0, 0.05) is 15.7 Å². The molecule has 0 aliphatic carbocycles. The van der Waals surface area contributed by atoms with E-state index in [1.165, 1.54) is 14.2 Å². The molecule has 3 N–H and O–H groups in total. The highest BCUT2D eigenvalue weighted by atomic mass is 127. The van der Waals surface area contributed by atoms with Crippen LogP contribution >= 0.6 is 22.6 Å². The van der Waals surface area contributed by atoms with Crippen molar-refractivity contribution in [1.29, 1.82) is 0 Å². The molecule has 0 spiro atoms. The Morgan fingerprint density at radius 3 is 2.52 bits per heavy atom. The Hall–Kier alpha value is -2.33. The summed E-state index contributed by atoms with van der Waals surface area (Å²) in [5.74, 6) is 0.325. The van der Waals surface area contributed by atoms with Gasteiger partial charge in [-0.2, -0.15) is 0 Å². The average molecular weight is 484 g/mol. The van der Waals surface area contributed by atoms with E-state index in [-0.39, 0.29) is 19.0 Å². The number of aliphatic hydroxyl groups is 1. The predicted octanol–water partition coefficient (Wildman–Crippen LogP) is 1.89. The molecule has 144 valence electrons. The second kappa shape index (κ2) is 10.1. The third-order valence-corrected chi connectivity index (χ3v) is 4.76. The van der Waals surface area contributed by atoms with Crippen LogP contribution in [0.2, 0.25) is 0 Å². The lowest BCUT2D eigenvalue weighted by molar-refractivity contribution is -0.120. The van der Waals surface area contributed by atoms with Gasteiger partial charge in [0.05, 0.1) is 32.4 Å². The van der Waals surface area contributed by atoms with Gasteiger partial charge in [0.25, 0.3) is 5.91 Å². The first-order valence-electron chi connectivity index (χ1n) is 8.15. The molecule has 0 aliphatic rings. The quantitative estimate of drug-likeness (QED) is 0.498. The van der Waals surface area contributed by atoms with Crippen molar-refractivity contribution in [2.24, 2.45) is 0 Å². The Balaban J connectivity index is 1.88. The molecule has 2 amide bonds. The molecule has 0 heterocycles. The number of nitrogens with one attached hydrogen (secondary N) is 2. The Kier molecular flexibility index (Phi) is 7.86. The summed E-state index contributed by atoms with van der Waals surface area (Å²) in [6.45, 7) is -0.215. The number of carbonyl (C=O) groups excluding carboxylic acids is 2. The monoisotopic (exact) mass is 484 g/mol. The van der Waals surface area contributed by atoms with E-state index in [0.717, 1.165) is 3.57 Å². The van der Waals surface area contributed by atoms with Gasteiger partial charge in [-0.3, -0.25) is 9.59 Å². The van der Waals surface area contributed by atoms with Gasteiger partial charge in [0.2, 0.25) is 5.91 Å². The topological polar surface area (TPSA) is 96.9 Å². The zero-order valence-electron chi connectivity index (χ0n) is 15.0. The molecule has 1 atom stereocenters. The second-order valence-electron chi connectivity index (χ2n) is 5.59. The lowest BCUT2D eigenvalue weighted by atomic mass is 10.1. The number of methoxy groups -OCH3 is 2. The van der Waals surface area contributed by atoms with Gasteiger partial charge in [-0.05, 0) is 52.9 Å². The third-order valence-electron chi connectivity index (χ3n) is 3.82. The lowest BCUT2D eigenvalue weighted by Crippen LogP contribution is -2.38. The van der Waals surface area contributed by atoms with Crippen molar-refractivity contribution in [2.45, 2.75) is 6.10 Å². The summed E-state index contributed by atoms with van der Waals surface area (Å²) in [5, 5.41) is 15.5. The minimum atomic E-state index is -0.982. The van der Waals surface area contributed by atoms with Crippen LogP contribution in [0.1, 0.15) is 22.0 Å². The van der Waals surface area contributed by atoms with E-state index in [4.69, 9.17) is 9.47 Å². The Morgan fingerprint density at radius 1 is 1.11 bits per heavy atom. The van der Waals surface area contributed by atoms with Gasteiger partial charge in [0.15, 0.2) is 0 Å². The smallest absolute Gasteiger partial charge is 0.252 e. The van der Waals surface area contributed by atoms with Crippen LogP contribution in [0.25, 0.3) is 0 Å². The van der Waals surface area contributed by atoms with Gasteiger partial charge >= 0.3 is 0 Å². The highest BCUT2D eigenvalue weighted by Gasteiger charge is 2.16. The van der Waals surface area contributed by atoms with Crippen molar-refractivity contribution in [2.75, 3.05) is 27.3 Å². The molecule has 0 saturated carbocycles. The number of amides is 2. The molecule has 0 aromatic heterocycles. The molecule has 2 rings (SSSR count). The van der Waals surface area contributed by atoms with Crippen LogP contribution < -0.4 is 20.1 Å². The number of carbonyl (C=O) groups is 2. The molecule has 27 heavy (non-hydrogen) atoms. The van der Waals surface area contributed by atoms with E-state index in [9.17, 15) is 14.7 Å². The van der Waals surface area contributed by atoms with Crippen molar-refractivity contribution in [3.05, 3.63) is 57.2 Å². The molecule has 0 saturated heterocycles. The maximum absolute atomic E-state index is 12.1. The molecule has 2 aromatic carbocycles. The highest BCUT2D eigenvalue weighted by molar-refractivity contribution is 14.1. The Labute approximate surface area is 171 Å². The Morgan fingerprint density at radius 2 is 1.85 bits per heavy atom. The van der Waals surface area contributed by atoms with Crippen LogP contribution in [0.5, 0.6) is 11.5 Å². The number of hydrogen-bond donors (Lipinski definition) is 3. The van der Waals surface area contributed by atoms with Crippen LogP contribution in [0.3, 0.4) is 0 Å². The van der Waals surface area contributed by atoms with Gasteiger partial charge < -0.3 is 25.2 Å². The number of aliphatic hydroxyl groups excluding tert-OH is 1. The molecular weight excluding hydrogens is 463 g/mol. The maximum atomic E-state index is 12.1. The molecule has 7 nitrogen and oxygen atoms in total. The molecular formula is C19H21IN2O5. The zero-order valence-corrected chi connectivity index (χ0v) is 17.1. The van der Waals surface area contributed by atoms with Gasteiger partial charge in [-0.25, -0.2) is 0 Å². The van der Waals surface area contributed by atoms with Crippen LogP contribution in [0, 0.1) is 3.57 Å². The van der Waals surface area contributed by atoms with Crippen molar-refractivity contribution in [3.8, 4) is 11.5 Å². The summed E-state index contributed by atoms with van der Waals surface area (Å²) in [5.41, 5.74) is 1.01. The van der Waals surface area contributed by atoms with E-state index in [0.29, 0.717) is 22.6 Å². The van der Waals surface area contributed by atoms with E-state index in [1.807, 2.05) is 12.1 Å². The maximum Gasteiger partial charge on any atom is 0.252 e. The van der Waals surface area contributed by atoms with Crippen molar-refractivity contribution in [3.63, 3.8) is 0 Å². The summed E-state index contributed by atoms with van der Waals surface area (Å²) < 4.78 is 11.2. The van der Waals surface area contributed by atoms with E-state index in [2.05, 4.69) is 33.2 Å². The fraction of sp³-hybridized carbons (Fsp3) is 0.263. The van der Waals surface area contributed by atoms with E-state index in [1.54, 1.807) is 30.3 Å². The first-order valence-corrected chi connectivity index (χ1v) is 9.23. The summed E-state index contributed by atoms with van der Waals surface area (Å²) >= 11 is 2.06. The molecule has 0 aliphatic heterocycles. The first-order chi connectivity index (χ1) is 13.0.